The highest BCUT2D eigenvalue weighted by Crippen LogP contribution is 2.19. The van der Waals surface area contributed by atoms with Crippen LogP contribution in [0.2, 0.25) is 0 Å². The number of benzene rings is 1. The highest BCUT2D eigenvalue weighted by atomic mass is 32.2. The van der Waals surface area contributed by atoms with Gasteiger partial charge in [0.15, 0.2) is 10.6 Å². The first-order chi connectivity index (χ1) is 13.1. The number of aromatic nitrogens is 4. The van der Waals surface area contributed by atoms with E-state index >= 15 is 0 Å². The quantitative estimate of drug-likeness (QED) is 0.406. The van der Waals surface area contributed by atoms with Crippen LogP contribution in [0.25, 0.3) is 11.4 Å². The second kappa shape index (κ2) is 9.30. The van der Waals surface area contributed by atoms with Crippen molar-refractivity contribution in [3.05, 3.63) is 59.1 Å². The zero-order valence-electron chi connectivity index (χ0n) is 16.0. The summed E-state index contributed by atoms with van der Waals surface area (Å²) in [5.74, 6) is 0.905. The summed E-state index contributed by atoms with van der Waals surface area (Å²) in [6, 6.07) is 12.6. The van der Waals surface area contributed by atoms with Crippen LogP contribution in [0.15, 0.2) is 53.7 Å². The van der Waals surface area contributed by atoms with Crippen LogP contribution >= 0.6 is 24.0 Å². The maximum Gasteiger partial charge on any atom is 0.199 e. The molecule has 0 saturated carbocycles. The molecule has 3 aromatic rings. The minimum Gasteiger partial charge on any atom is -0.300 e. The zero-order chi connectivity index (χ0) is 19.2. The lowest BCUT2D eigenvalue weighted by molar-refractivity contribution is 0.244. The van der Waals surface area contributed by atoms with Gasteiger partial charge in [0.2, 0.25) is 0 Å². The van der Waals surface area contributed by atoms with E-state index in [4.69, 9.17) is 17.3 Å². The van der Waals surface area contributed by atoms with E-state index < -0.39 is 0 Å². The number of hydrogen-bond acceptors (Lipinski definition) is 5. The average molecular weight is 400 g/mol. The van der Waals surface area contributed by atoms with Gasteiger partial charge in [-0.2, -0.15) is 5.10 Å². The molecule has 0 spiro atoms. The normalized spacial score (nSPS) is 11.3. The summed E-state index contributed by atoms with van der Waals surface area (Å²) in [4.78, 5) is 7.61. The molecule has 3 rings (SSSR count). The van der Waals surface area contributed by atoms with Crippen LogP contribution in [0.5, 0.6) is 0 Å². The van der Waals surface area contributed by atoms with Gasteiger partial charge in [-0.15, -0.1) is 11.8 Å². The molecular formula is C20H25N5S2. The predicted molar refractivity (Wildman–Crippen MR) is 114 cm³/mol. The summed E-state index contributed by atoms with van der Waals surface area (Å²) in [6.07, 6.45) is 6.68. The third-order valence-corrected chi connectivity index (χ3v) is 5.47. The summed E-state index contributed by atoms with van der Waals surface area (Å²) in [5, 5.41) is 4.81. The van der Waals surface area contributed by atoms with Crippen molar-refractivity contribution in [3.63, 3.8) is 0 Å². The molecule has 0 bridgehead atoms. The first-order valence-corrected chi connectivity index (χ1v) is 10.6. The maximum atomic E-state index is 5.71. The average Bonchev–Trinajstić information content (AvgIpc) is 2.99. The van der Waals surface area contributed by atoms with Crippen molar-refractivity contribution in [1.29, 1.82) is 0 Å². The van der Waals surface area contributed by atoms with E-state index in [0.29, 0.717) is 6.67 Å². The second-order valence-electron chi connectivity index (χ2n) is 6.50. The van der Waals surface area contributed by atoms with E-state index in [1.54, 1.807) is 24.2 Å². The molecule has 0 amide bonds. The lowest BCUT2D eigenvalue weighted by Gasteiger charge is -2.16. The van der Waals surface area contributed by atoms with Crippen LogP contribution in [0.1, 0.15) is 18.9 Å². The van der Waals surface area contributed by atoms with Crippen molar-refractivity contribution in [3.8, 4) is 11.4 Å². The van der Waals surface area contributed by atoms with Gasteiger partial charge in [-0.1, -0.05) is 19.1 Å². The molecule has 2 aromatic heterocycles. The molecule has 0 aliphatic heterocycles. The van der Waals surface area contributed by atoms with E-state index in [9.17, 15) is 0 Å². The van der Waals surface area contributed by atoms with Crippen molar-refractivity contribution < 1.29 is 0 Å². The monoisotopic (exact) mass is 399 g/mol. The Hall–Kier alpha value is -1.96. The van der Waals surface area contributed by atoms with Crippen LogP contribution < -0.4 is 0 Å². The highest BCUT2D eigenvalue weighted by molar-refractivity contribution is 7.98. The Morgan fingerprint density at radius 3 is 2.44 bits per heavy atom. The van der Waals surface area contributed by atoms with Crippen molar-refractivity contribution in [2.24, 2.45) is 0 Å². The van der Waals surface area contributed by atoms with E-state index in [-0.39, 0.29) is 0 Å². The summed E-state index contributed by atoms with van der Waals surface area (Å²) < 4.78 is 4.79. The fraction of sp³-hybridized carbons (Fsp3) is 0.350. The van der Waals surface area contributed by atoms with Gasteiger partial charge in [0.1, 0.15) is 0 Å². The molecule has 0 atom stereocenters. The number of thioether (sulfide) groups is 1. The number of rotatable bonds is 8. The number of nitrogens with zero attached hydrogens (tertiary/aromatic N) is 5. The van der Waals surface area contributed by atoms with Gasteiger partial charge in [-0.3, -0.25) is 14.5 Å². The molecule has 0 fully saturated rings. The Morgan fingerprint density at radius 1 is 1.11 bits per heavy atom. The molecule has 2 heterocycles. The predicted octanol–water partition coefficient (Wildman–Crippen LogP) is 4.70. The number of pyridine rings is 1. The summed E-state index contributed by atoms with van der Waals surface area (Å²) >= 11 is 7.47. The van der Waals surface area contributed by atoms with E-state index in [1.807, 2.05) is 16.8 Å². The van der Waals surface area contributed by atoms with Crippen LogP contribution in [0.3, 0.4) is 0 Å². The Bertz CT molecular complexity index is 916. The van der Waals surface area contributed by atoms with Gasteiger partial charge < -0.3 is 0 Å². The second-order valence-corrected chi connectivity index (χ2v) is 7.74. The largest absolute Gasteiger partial charge is 0.300 e. The van der Waals surface area contributed by atoms with Gasteiger partial charge in [-0.25, -0.2) is 4.68 Å². The fourth-order valence-electron chi connectivity index (χ4n) is 2.99. The highest BCUT2D eigenvalue weighted by Gasteiger charge is 2.13. The first-order valence-electron chi connectivity index (χ1n) is 9.02. The van der Waals surface area contributed by atoms with Gasteiger partial charge >= 0.3 is 0 Å². The van der Waals surface area contributed by atoms with Crippen LogP contribution in [-0.2, 0) is 19.8 Å². The maximum absolute atomic E-state index is 5.71. The number of hydrogen-bond donors (Lipinski definition) is 0. The molecule has 7 heteroatoms. The fourth-order valence-corrected chi connectivity index (χ4v) is 3.68. The molecule has 0 aliphatic rings. The minimum atomic E-state index is 0.651. The standard InChI is InChI=1S/C20H25N5S2/c1-4-13-24-19(17-9-11-21-12-10-17)22-25(20(24)26)15-23(2)14-16-5-7-18(27-3)8-6-16/h5-12H,4,13-15H2,1-3H3. The minimum absolute atomic E-state index is 0.651. The summed E-state index contributed by atoms with van der Waals surface area (Å²) in [6.45, 7) is 4.51. The summed E-state index contributed by atoms with van der Waals surface area (Å²) in [5.41, 5.74) is 2.32. The van der Waals surface area contributed by atoms with Crippen molar-refractivity contribution in [2.45, 2.75) is 38.0 Å². The lowest BCUT2D eigenvalue weighted by Crippen LogP contribution is -2.22. The van der Waals surface area contributed by atoms with Crippen LogP contribution in [0.4, 0.5) is 0 Å². The SMILES string of the molecule is CCCn1c(-c2ccncc2)nn(CN(C)Cc2ccc(SC)cc2)c1=S. The Balaban J connectivity index is 1.80. The van der Waals surface area contributed by atoms with E-state index in [1.165, 1.54) is 10.5 Å². The molecule has 0 radical (unpaired) electrons. The molecule has 1 aromatic carbocycles. The van der Waals surface area contributed by atoms with Gasteiger partial charge in [0.05, 0.1) is 6.67 Å². The molecule has 0 N–H and O–H groups in total. The molecule has 5 nitrogen and oxygen atoms in total. The molecular weight excluding hydrogens is 374 g/mol. The molecule has 0 unspecified atom stereocenters. The topological polar surface area (TPSA) is 38.9 Å². The van der Waals surface area contributed by atoms with Crippen molar-refractivity contribution in [1.82, 2.24) is 24.2 Å². The third kappa shape index (κ3) is 4.86. The summed E-state index contributed by atoms with van der Waals surface area (Å²) in [7, 11) is 2.09. The van der Waals surface area contributed by atoms with E-state index in [0.717, 1.165) is 35.7 Å². The van der Waals surface area contributed by atoms with Crippen molar-refractivity contribution >= 4 is 24.0 Å². The van der Waals surface area contributed by atoms with Crippen LogP contribution in [0, 0.1) is 4.77 Å². The van der Waals surface area contributed by atoms with Crippen LogP contribution in [-0.4, -0.2) is 37.5 Å². The third-order valence-electron chi connectivity index (χ3n) is 4.30. The van der Waals surface area contributed by atoms with Gasteiger partial charge in [-0.05, 0) is 61.8 Å². The molecule has 0 saturated heterocycles. The van der Waals surface area contributed by atoms with Gasteiger partial charge in [0.25, 0.3) is 0 Å². The Morgan fingerprint density at radius 2 is 1.81 bits per heavy atom. The lowest BCUT2D eigenvalue weighted by atomic mass is 10.2. The smallest absolute Gasteiger partial charge is 0.199 e. The van der Waals surface area contributed by atoms with Gasteiger partial charge in [0, 0.05) is 35.9 Å². The molecule has 27 heavy (non-hydrogen) atoms. The zero-order valence-corrected chi connectivity index (χ0v) is 17.6. The van der Waals surface area contributed by atoms with Crippen molar-refractivity contribution in [2.75, 3.05) is 13.3 Å². The molecule has 142 valence electrons. The first kappa shape index (κ1) is 19.8. The van der Waals surface area contributed by atoms with E-state index in [2.05, 4.69) is 58.9 Å². The Labute approximate surface area is 170 Å². The molecule has 0 aliphatic carbocycles. The Kier molecular flexibility index (Phi) is 6.82.